The first-order valence-electron chi connectivity index (χ1n) is 9.50. The molecular weight excluding hydrogens is 390 g/mol. The summed E-state index contributed by atoms with van der Waals surface area (Å²) in [6, 6.07) is 15.3. The van der Waals surface area contributed by atoms with Crippen LogP contribution in [0.4, 0.5) is 5.69 Å². The second-order valence-electron chi connectivity index (χ2n) is 7.05. The molecule has 1 aliphatic rings. The van der Waals surface area contributed by atoms with E-state index in [-0.39, 0.29) is 23.9 Å². The van der Waals surface area contributed by atoms with Gasteiger partial charge < -0.3 is 10.2 Å². The number of anilines is 1. The van der Waals surface area contributed by atoms with Gasteiger partial charge in [0.05, 0.1) is 11.1 Å². The average Bonchev–Trinajstić information content (AvgIpc) is 3.26. The van der Waals surface area contributed by atoms with Crippen molar-refractivity contribution in [3.8, 4) is 0 Å². The van der Waals surface area contributed by atoms with Gasteiger partial charge in [-0.05, 0) is 43.2 Å². The van der Waals surface area contributed by atoms with E-state index in [1.807, 2.05) is 12.1 Å². The van der Waals surface area contributed by atoms with Crippen LogP contribution in [0, 0.1) is 0 Å². The minimum atomic E-state index is -0.377. The van der Waals surface area contributed by atoms with Crippen molar-refractivity contribution >= 4 is 40.0 Å². The Morgan fingerprint density at radius 1 is 1.00 bits per heavy atom. The van der Waals surface area contributed by atoms with Crippen LogP contribution in [0.5, 0.6) is 0 Å². The van der Waals surface area contributed by atoms with Crippen LogP contribution in [0.15, 0.2) is 59.4 Å². The third kappa shape index (κ3) is 4.03. The molecule has 0 bridgehead atoms. The lowest BCUT2D eigenvalue weighted by atomic mass is 10.1. The number of carbonyl (C=O) groups is 2. The van der Waals surface area contributed by atoms with Gasteiger partial charge in [0.1, 0.15) is 6.54 Å². The van der Waals surface area contributed by atoms with E-state index < -0.39 is 0 Å². The van der Waals surface area contributed by atoms with Crippen LogP contribution in [0.25, 0.3) is 10.9 Å². The Bertz CT molecular complexity index is 1130. The molecule has 148 valence electrons. The summed E-state index contributed by atoms with van der Waals surface area (Å²) in [6.45, 7) is 1.26. The van der Waals surface area contributed by atoms with Gasteiger partial charge in [-0.3, -0.25) is 19.0 Å². The van der Waals surface area contributed by atoms with Crippen molar-refractivity contribution in [1.29, 1.82) is 0 Å². The molecule has 0 aliphatic carbocycles. The molecule has 0 spiro atoms. The van der Waals surface area contributed by atoms with E-state index in [4.69, 9.17) is 11.6 Å². The molecule has 1 fully saturated rings. The lowest BCUT2D eigenvalue weighted by molar-refractivity contribution is -0.116. The molecule has 1 N–H and O–H groups in total. The zero-order valence-electron chi connectivity index (χ0n) is 15.7. The van der Waals surface area contributed by atoms with Crippen molar-refractivity contribution in [2.45, 2.75) is 19.4 Å². The monoisotopic (exact) mass is 409 g/mol. The third-order valence-corrected chi connectivity index (χ3v) is 5.32. The zero-order valence-corrected chi connectivity index (χ0v) is 16.5. The van der Waals surface area contributed by atoms with Crippen molar-refractivity contribution in [2.75, 3.05) is 18.4 Å². The molecule has 1 saturated heterocycles. The van der Waals surface area contributed by atoms with Crippen LogP contribution in [0.2, 0.25) is 5.02 Å². The molecular formula is C22H20ClN3O3. The maximum absolute atomic E-state index is 12.9. The Hall–Kier alpha value is -3.12. The van der Waals surface area contributed by atoms with Crippen LogP contribution in [-0.4, -0.2) is 34.4 Å². The number of likely N-dealkylation sites (tertiary alicyclic amines) is 1. The highest BCUT2D eigenvalue weighted by molar-refractivity contribution is 6.30. The number of aromatic nitrogens is 1. The van der Waals surface area contributed by atoms with Crippen molar-refractivity contribution < 1.29 is 9.59 Å². The molecule has 1 aromatic heterocycles. The SMILES string of the molecule is O=C(Cn1c(=O)cc(C(=O)N2CCCC2)c2ccccc21)Nc1ccc(Cl)cc1. The van der Waals surface area contributed by atoms with E-state index in [1.165, 1.54) is 10.6 Å². The Balaban J connectivity index is 1.66. The molecule has 1 aliphatic heterocycles. The van der Waals surface area contributed by atoms with Crippen LogP contribution in [0.1, 0.15) is 23.2 Å². The van der Waals surface area contributed by atoms with E-state index in [1.54, 1.807) is 41.3 Å². The fourth-order valence-corrected chi connectivity index (χ4v) is 3.77. The summed E-state index contributed by atoms with van der Waals surface area (Å²) in [5.41, 5.74) is 1.17. The maximum Gasteiger partial charge on any atom is 0.254 e. The maximum atomic E-state index is 12.9. The third-order valence-electron chi connectivity index (χ3n) is 5.07. The first kappa shape index (κ1) is 19.2. The van der Waals surface area contributed by atoms with E-state index in [2.05, 4.69) is 5.32 Å². The molecule has 4 rings (SSSR count). The summed E-state index contributed by atoms with van der Waals surface area (Å²) < 4.78 is 1.39. The largest absolute Gasteiger partial charge is 0.339 e. The van der Waals surface area contributed by atoms with E-state index in [0.717, 1.165) is 12.8 Å². The van der Waals surface area contributed by atoms with Gasteiger partial charge in [0.15, 0.2) is 0 Å². The molecule has 6 nitrogen and oxygen atoms in total. The molecule has 2 heterocycles. The summed E-state index contributed by atoms with van der Waals surface area (Å²) >= 11 is 5.86. The number of fused-ring (bicyclic) bond motifs is 1. The number of amides is 2. The van der Waals surface area contributed by atoms with E-state index in [0.29, 0.717) is 40.3 Å². The standard InChI is InChI=1S/C22H20ClN3O3/c23-15-7-9-16(10-8-15)24-20(27)14-26-19-6-2-1-5-17(19)18(13-21(26)28)22(29)25-11-3-4-12-25/h1-2,5-10,13H,3-4,11-12,14H2,(H,24,27). The zero-order chi connectivity index (χ0) is 20.4. The molecule has 0 atom stereocenters. The van der Waals surface area contributed by atoms with Gasteiger partial charge in [-0.2, -0.15) is 0 Å². The fourth-order valence-electron chi connectivity index (χ4n) is 3.64. The Morgan fingerprint density at radius 2 is 1.69 bits per heavy atom. The molecule has 0 radical (unpaired) electrons. The van der Waals surface area contributed by atoms with Crippen LogP contribution in [0.3, 0.4) is 0 Å². The first-order valence-corrected chi connectivity index (χ1v) is 9.88. The predicted octanol–water partition coefficient (Wildman–Crippen LogP) is 3.53. The molecule has 3 aromatic rings. The Morgan fingerprint density at radius 3 is 2.41 bits per heavy atom. The van der Waals surface area contributed by atoms with Gasteiger partial charge in [-0.15, -0.1) is 0 Å². The molecule has 2 aromatic carbocycles. The van der Waals surface area contributed by atoms with Crippen LogP contribution in [-0.2, 0) is 11.3 Å². The quantitative estimate of drug-likeness (QED) is 0.716. The number of carbonyl (C=O) groups excluding carboxylic acids is 2. The first-order chi connectivity index (χ1) is 14.0. The Kier molecular flexibility index (Phi) is 5.36. The topological polar surface area (TPSA) is 71.4 Å². The number of hydrogen-bond donors (Lipinski definition) is 1. The molecule has 0 saturated carbocycles. The summed E-state index contributed by atoms with van der Waals surface area (Å²) in [4.78, 5) is 40.0. The van der Waals surface area contributed by atoms with Gasteiger partial charge in [-0.1, -0.05) is 29.8 Å². The number of benzene rings is 2. The normalized spacial score (nSPS) is 13.6. The number of hydrogen-bond acceptors (Lipinski definition) is 3. The number of rotatable bonds is 4. The average molecular weight is 410 g/mol. The van der Waals surface area contributed by atoms with Gasteiger partial charge in [0, 0.05) is 35.3 Å². The van der Waals surface area contributed by atoms with Crippen molar-refractivity contribution in [1.82, 2.24) is 9.47 Å². The highest BCUT2D eigenvalue weighted by Crippen LogP contribution is 2.21. The number of pyridine rings is 1. The van der Waals surface area contributed by atoms with Crippen molar-refractivity contribution in [3.05, 3.63) is 75.5 Å². The second-order valence-corrected chi connectivity index (χ2v) is 7.49. The molecule has 2 amide bonds. The summed E-state index contributed by atoms with van der Waals surface area (Å²) in [6.07, 6.45) is 1.96. The summed E-state index contributed by atoms with van der Waals surface area (Å²) in [5.74, 6) is -0.466. The summed E-state index contributed by atoms with van der Waals surface area (Å²) in [7, 11) is 0. The lowest BCUT2D eigenvalue weighted by Crippen LogP contribution is -2.32. The molecule has 0 unspecified atom stereocenters. The minimum Gasteiger partial charge on any atom is -0.339 e. The number of nitrogens with one attached hydrogen (secondary N) is 1. The molecule has 7 heteroatoms. The predicted molar refractivity (Wildman–Crippen MR) is 113 cm³/mol. The van der Waals surface area contributed by atoms with Gasteiger partial charge in [0.2, 0.25) is 5.91 Å². The Labute approximate surface area is 172 Å². The van der Waals surface area contributed by atoms with Crippen LogP contribution < -0.4 is 10.9 Å². The number of nitrogens with zero attached hydrogens (tertiary/aromatic N) is 2. The van der Waals surface area contributed by atoms with Gasteiger partial charge in [0.25, 0.3) is 11.5 Å². The smallest absolute Gasteiger partial charge is 0.254 e. The molecule has 29 heavy (non-hydrogen) atoms. The highest BCUT2D eigenvalue weighted by Gasteiger charge is 2.23. The van der Waals surface area contributed by atoms with Gasteiger partial charge >= 0.3 is 0 Å². The van der Waals surface area contributed by atoms with Crippen molar-refractivity contribution in [2.24, 2.45) is 0 Å². The van der Waals surface area contributed by atoms with Gasteiger partial charge in [-0.25, -0.2) is 0 Å². The second kappa shape index (κ2) is 8.09. The minimum absolute atomic E-state index is 0.131. The van der Waals surface area contributed by atoms with Crippen LogP contribution >= 0.6 is 11.6 Å². The van der Waals surface area contributed by atoms with E-state index in [9.17, 15) is 14.4 Å². The summed E-state index contributed by atoms with van der Waals surface area (Å²) in [5, 5.41) is 4.00. The lowest BCUT2D eigenvalue weighted by Gasteiger charge is -2.18. The van der Waals surface area contributed by atoms with Crippen molar-refractivity contribution in [3.63, 3.8) is 0 Å². The van der Waals surface area contributed by atoms with E-state index >= 15 is 0 Å². The fraction of sp³-hybridized carbons (Fsp3) is 0.227. The number of para-hydroxylation sites is 1. The highest BCUT2D eigenvalue weighted by atomic mass is 35.5. The number of halogens is 1.